The van der Waals surface area contributed by atoms with Crippen LogP contribution in [0.5, 0.6) is 5.75 Å². The van der Waals surface area contributed by atoms with Gasteiger partial charge in [0, 0.05) is 10.0 Å². The highest BCUT2D eigenvalue weighted by Crippen LogP contribution is 2.31. The smallest absolute Gasteiger partial charge is 0.343 e. The number of ether oxygens (including phenoxy) is 1. The maximum absolute atomic E-state index is 13.0. The zero-order valence-corrected chi connectivity index (χ0v) is 15.6. The van der Waals surface area contributed by atoms with Gasteiger partial charge in [-0.05, 0) is 30.3 Å². The maximum Gasteiger partial charge on any atom is 0.343 e. The van der Waals surface area contributed by atoms with E-state index in [-0.39, 0.29) is 16.9 Å². The molecule has 0 saturated carbocycles. The van der Waals surface area contributed by atoms with Gasteiger partial charge in [0.2, 0.25) is 11.2 Å². The van der Waals surface area contributed by atoms with Crippen LogP contribution < -0.4 is 10.2 Å². The molecule has 0 aliphatic carbocycles. The molecule has 132 valence electrons. The highest BCUT2D eigenvalue weighted by molar-refractivity contribution is 9.10. The molecule has 0 atom stereocenters. The SMILES string of the molecule is O=C(Oc1c(-c2ccccc2)oc2ccccc2c1=O)c1cccc(Br)c1. The van der Waals surface area contributed by atoms with Gasteiger partial charge < -0.3 is 9.15 Å². The first-order valence-electron chi connectivity index (χ1n) is 8.22. The molecule has 0 saturated heterocycles. The van der Waals surface area contributed by atoms with Crippen LogP contribution in [0.3, 0.4) is 0 Å². The Kier molecular flexibility index (Phi) is 4.60. The molecule has 0 bridgehead atoms. The third-order valence-corrected chi connectivity index (χ3v) is 4.54. The number of esters is 1. The van der Waals surface area contributed by atoms with Crippen molar-refractivity contribution in [2.45, 2.75) is 0 Å². The van der Waals surface area contributed by atoms with Gasteiger partial charge in [0.1, 0.15) is 5.58 Å². The van der Waals surface area contributed by atoms with E-state index < -0.39 is 5.97 Å². The van der Waals surface area contributed by atoms with Crippen molar-refractivity contribution in [2.24, 2.45) is 0 Å². The number of hydrogen-bond acceptors (Lipinski definition) is 4. The maximum atomic E-state index is 13.0. The Morgan fingerprint density at radius 3 is 2.41 bits per heavy atom. The van der Waals surface area contributed by atoms with Crippen molar-refractivity contribution < 1.29 is 13.9 Å². The van der Waals surface area contributed by atoms with Crippen molar-refractivity contribution in [3.63, 3.8) is 0 Å². The first kappa shape index (κ1) is 17.2. The molecule has 27 heavy (non-hydrogen) atoms. The molecule has 0 fully saturated rings. The van der Waals surface area contributed by atoms with Gasteiger partial charge in [0.15, 0.2) is 5.76 Å². The van der Waals surface area contributed by atoms with E-state index >= 15 is 0 Å². The lowest BCUT2D eigenvalue weighted by molar-refractivity contribution is 0.0731. The number of carbonyl (C=O) groups is 1. The fraction of sp³-hybridized carbons (Fsp3) is 0. The zero-order valence-electron chi connectivity index (χ0n) is 14.0. The molecule has 0 N–H and O–H groups in total. The third-order valence-electron chi connectivity index (χ3n) is 4.05. The van der Waals surface area contributed by atoms with Crippen LogP contribution in [-0.4, -0.2) is 5.97 Å². The summed E-state index contributed by atoms with van der Waals surface area (Å²) in [6.45, 7) is 0. The van der Waals surface area contributed by atoms with Crippen molar-refractivity contribution in [1.82, 2.24) is 0 Å². The van der Waals surface area contributed by atoms with E-state index in [4.69, 9.17) is 9.15 Å². The largest absolute Gasteiger partial charge is 0.452 e. The highest BCUT2D eigenvalue weighted by atomic mass is 79.9. The number of fused-ring (bicyclic) bond motifs is 1. The van der Waals surface area contributed by atoms with E-state index in [0.717, 1.165) is 4.47 Å². The number of benzene rings is 3. The van der Waals surface area contributed by atoms with E-state index in [9.17, 15) is 9.59 Å². The van der Waals surface area contributed by atoms with Crippen molar-refractivity contribution in [3.8, 4) is 17.1 Å². The van der Waals surface area contributed by atoms with E-state index in [1.807, 2.05) is 18.2 Å². The minimum atomic E-state index is -0.629. The van der Waals surface area contributed by atoms with Crippen LogP contribution in [0.1, 0.15) is 10.4 Å². The molecular formula is C22H13BrO4. The van der Waals surface area contributed by atoms with Gasteiger partial charge in [-0.25, -0.2) is 4.79 Å². The second-order valence-electron chi connectivity index (χ2n) is 5.85. The third kappa shape index (κ3) is 3.41. The summed E-state index contributed by atoms with van der Waals surface area (Å²) in [5.74, 6) is -0.524. The van der Waals surface area contributed by atoms with Gasteiger partial charge in [-0.2, -0.15) is 0 Å². The van der Waals surface area contributed by atoms with Crippen LogP contribution in [0.2, 0.25) is 0 Å². The molecule has 0 unspecified atom stereocenters. The monoisotopic (exact) mass is 420 g/mol. The summed E-state index contributed by atoms with van der Waals surface area (Å²) in [5, 5.41) is 0.356. The second kappa shape index (κ2) is 7.21. The lowest BCUT2D eigenvalue weighted by Crippen LogP contribution is -2.16. The summed E-state index contributed by atoms with van der Waals surface area (Å²) in [6, 6.07) is 22.8. The molecule has 0 aliphatic heterocycles. The number of carbonyl (C=O) groups excluding carboxylic acids is 1. The predicted octanol–water partition coefficient (Wildman–Crippen LogP) is 5.44. The Labute approximate surface area is 163 Å². The lowest BCUT2D eigenvalue weighted by Gasteiger charge is -2.10. The summed E-state index contributed by atoms with van der Waals surface area (Å²) >= 11 is 3.33. The van der Waals surface area contributed by atoms with Crippen molar-refractivity contribution in [2.75, 3.05) is 0 Å². The molecule has 0 radical (unpaired) electrons. The Bertz CT molecular complexity index is 1200. The number of halogens is 1. The van der Waals surface area contributed by atoms with Crippen molar-refractivity contribution in [3.05, 3.63) is 99.1 Å². The minimum Gasteiger partial charge on any atom is -0.452 e. The van der Waals surface area contributed by atoms with E-state index in [1.54, 1.807) is 60.7 Å². The normalized spacial score (nSPS) is 10.7. The van der Waals surface area contributed by atoms with Crippen LogP contribution in [0.25, 0.3) is 22.3 Å². The molecule has 1 heterocycles. The zero-order chi connectivity index (χ0) is 18.8. The standard InChI is InChI=1S/C22H13BrO4/c23-16-10-6-9-15(13-16)22(25)27-21-19(24)17-11-4-5-12-18(17)26-20(21)14-7-2-1-3-8-14/h1-13H. The molecule has 1 aromatic heterocycles. The summed E-state index contributed by atoms with van der Waals surface area (Å²) < 4.78 is 12.2. The van der Waals surface area contributed by atoms with Crippen LogP contribution >= 0.6 is 15.9 Å². The summed E-state index contributed by atoms with van der Waals surface area (Å²) in [5.41, 5.74) is 1.02. The van der Waals surface area contributed by atoms with Crippen LogP contribution in [-0.2, 0) is 0 Å². The van der Waals surface area contributed by atoms with Crippen molar-refractivity contribution >= 4 is 32.9 Å². The lowest BCUT2D eigenvalue weighted by atomic mass is 10.1. The van der Waals surface area contributed by atoms with Crippen LogP contribution in [0.4, 0.5) is 0 Å². The Morgan fingerprint density at radius 2 is 1.63 bits per heavy atom. The fourth-order valence-electron chi connectivity index (χ4n) is 2.76. The molecule has 4 aromatic rings. The van der Waals surface area contributed by atoms with Crippen LogP contribution in [0, 0.1) is 0 Å². The van der Waals surface area contributed by atoms with Gasteiger partial charge in [-0.3, -0.25) is 4.79 Å². The molecule has 4 rings (SSSR count). The average molecular weight is 421 g/mol. The van der Waals surface area contributed by atoms with E-state index in [2.05, 4.69) is 15.9 Å². The molecule has 0 spiro atoms. The molecule has 5 heteroatoms. The Morgan fingerprint density at radius 1 is 0.889 bits per heavy atom. The molecule has 3 aromatic carbocycles. The molecular weight excluding hydrogens is 408 g/mol. The van der Waals surface area contributed by atoms with Gasteiger partial charge in [0.05, 0.1) is 10.9 Å². The van der Waals surface area contributed by atoms with Gasteiger partial charge >= 0.3 is 5.97 Å². The molecule has 4 nitrogen and oxygen atoms in total. The predicted molar refractivity (Wildman–Crippen MR) is 107 cm³/mol. The topological polar surface area (TPSA) is 56.5 Å². The van der Waals surface area contributed by atoms with E-state index in [0.29, 0.717) is 22.1 Å². The quantitative estimate of drug-likeness (QED) is 0.414. The minimum absolute atomic E-state index is 0.120. The summed E-state index contributed by atoms with van der Waals surface area (Å²) in [7, 11) is 0. The number of para-hydroxylation sites is 1. The van der Waals surface area contributed by atoms with Gasteiger partial charge in [0.25, 0.3) is 0 Å². The first-order chi connectivity index (χ1) is 13.1. The van der Waals surface area contributed by atoms with Gasteiger partial charge in [-0.1, -0.05) is 64.5 Å². The Balaban J connectivity index is 1.89. The molecule has 0 amide bonds. The van der Waals surface area contributed by atoms with Gasteiger partial charge in [-0.15, -0.1) is 0 Å². The Hall–Kier alpha value is -3.18. The fourth-order valence-corrected chi connectivity index (χ4v) is 3.16. The summed E-state index contributed by atoms with van der Waals surface area (Å²) in [4.78, 5) is 25.6. The second-order valence-corrected chi connectivity index (χ2v) is 6.77. The van der Waals surface area contributed by atoms with Crippen molar-refractivity contribution in [1.29, 1.82) is 0 Å². The number of hydrogen-bond donors (Lipinski definition) is 0. The first-order valence-corrected chi connectivity index (χ1v) is 9.02. The summed E-state index contributed by atoms with van der Waals surface area (Å²) in [6.07, 6.45) is 0. The number of rotatable bonds is 3. The molecule has 0 aliphatic rings. The van der Waals surface area contributed by atoms with E-state index in [1.165, 1.54) is 0 Å². The average Bonchev–Trinajstić information content (AvgIpc) is 2.70. The van der Waals surface area contributed by atoms with Crippen LogP contribution in [0.15, 0.2) is 92.5 Å². The highest BCUT2D eigenvalue weighted by Gasteiger charge is 2.21.